The van der Waals surface area contributed by atoms with Crippen LogP contribution in [0.5, 0.6) is 11.5 Å². The summed E-state index contributed by atoms with van der Waals surface area (Å²) in [5, 5.41) is 0.574. The highest BCUT2D eigenvalue weighted by Crippen LogP contribution is 2.29. The second kappa shape index (κ2) is 5.02. The van der Waals surface area contributed by atoms with Gasteiger partial charge in [0.15, 0.2) is 0 Å². The fourth-order valence-electron chi connectivity index (χ4n) is 1.43. The number of aldehydes is 1. The van der Waals surface area contributed by atoms with E-state index in [2.05, 4.69) is 0 Å². The van der Waals surface area contributed by atoms with Crippen LogP contribution in [0.2, 0.25) is 5.02 Å². The molecule has 0 aliphatic rings. The van der Waals surface area contributed by atoms with Gasteiger partial charge in [-0.15, -0.1) is 0 Å². The fourth-order valence-corrected chi connectivity index (χ4v) is 1.70. The van der Waals surface area contributed by atoms with Gasteiger partial charge in [-0.25, -0.2) is 0 Å². The Morgan fingerprint density at radius 2 is 1.82 bits per heavy atom. The van der Waals surface area contributed by atoms with Gasteiger partial charge in [0.1, 0.15) is 17.8 Å². The highest BCUT2D eigenvalue weighted by atomic mass is 35.5. The van der Waals surface area contributed by atoms with Crippen molar-refractivity contribution in [2.24, 2.45) is 0 Å². The van der Waals surface area contributed by atoms with Crippen LogP contribution < -0.4 is 4.74 Å². The van der Waals surface area contributed by atoms with Crippen LogP contribution in [-0.4, -0.2) is 6.29 Å². The van der Waals surface area contributed by atoms with Crippen molar-refractivity contribution in [3.8, 4) is 11.5 Å². The molecule has 0 spiro atoms. The lowest BCUT2D eigenvalue weighted by molar-refractivity contribution is 0.112. The first kappa shape index (κ1) is 11.7. The maximum Gasteiger partial charge on any atom is 0.150 e. The summed E-state index contributed by atoms with van der Waals surface area (Å²) in [4.78, 5) is 10.5. The Balaban J connectivity index is 2.22. The quantitative estimate of drug-likeness (QED) is 0.757. The molecule has 0 fully saturated rings. The van der Waals surface area contributed by atoms with Crippen molar-refractivity contribution in [1.82, 2.24) is 0 Å². The maximum absolute atomic E-state index is 10.5. The summed E-state index contributed by atoms with van der Waals surface area (Å²) < 4.78 is 5.62. The summed E-state index contributed by atoms with van der Waals surface area (Å²) in [6, 6.07) is 12.5. The van der Waals surface area contributed by atoms with E-state index in [0.29, 0.717) is 22.1 Å². The first-order chi connectivity index (χ1) is 8.19. The Labute approximate surface area is 105 Å². The topological polar surface area (TPSA) is 26.3 Å². The van der Waals surface area contributed by atoms with E-state index in [1.807, 2.05) is 25.1 Å². The second-order valence-corrected chi connectivity index (χ2v) is 4.13. The van der Waals surface area contributed by atoms with E-state index in [0.717, 1.165) is 11.8 Å². The number of benzene rings is 2. The smallest absolute Gasteiger partial charge is 0.150 e. The van der Waals surface area contributed by atoms with Crippen molar-refractivity contribution >= 4 is 17.9 Å². The molecule has 17 heavy (non-hydrogen) atoms. The lowest BCUT2D eigenvalue weighted by Gasteiger charge is -2.08. The minimum Gasteiger partial charge on any atom is -0.456 e. The first-order valence-corrected chi connectivity index (χ1v) is 5.56. The largest absolute Gasteiger partial charge is 0.456 e. The molecule has 0 saturated carbocycles. The molecule has 0 aliphatic heterocycles. The second-order valence-electron chi connectivity index (χ2n) is 3.72. The molecule has 0 radical (unpaired) electrons. The molecule has 0 atom stereocenters. The average molecular weight is 247 g/mol. The summed E-state index contributed by atoms with van der Waals surface area (Å²) in [6.45, 7) is 1.97. The molecule has 0 bridgehead atoms. The molecule has 2 aromatic rings. The van der Waals surface area contributed by atoms with Gasteiger partial charge in [0, 0.05) is 5.56 Å². The van der Waals surface area contributed by atoms with Crippen LogP contribution in [0.3, 0.4) is 0 Å². The molecule has 3 heteroatoms. The van der Waals surface area contributed by atoms with Crippen molar-refractivity contribution in [3.63, 3.8) is 0 Å². The van der Waals surface area contributed by atoms with Gasteiger partial charge in [-0.1, -0.05) is 17.7 Å². The molecule has 0 unspecified atom stereocenters. The van der Waals surface area contributed by atoms with E-state index in [4.69, 9.17) is 16.3 Å². The van der Waals surface area contributed by atoms with Gasteiger partial charge in [0.2, 0.25) is 0 Å². The molecule has 2 aromatic carbocycles. The van der Waals surface area contributed by atoms with Gasteiger partial charge in [0.05, 0.1) is 5.02 Å². The summed E-state index contributed by atoms with van der Waals surface area (Å²) in [5.74, 6) is 1.26. The summed E-state index contributed by atoms with van der Waals surface area (Å²) in [7, 11) is 0. The first-order valence-electron chi connectivity index (χ1n) is 5.18. The van der Waals surface area contributed by atoms with Crippen LogP contribution in [0.25, 0.3) is 0 Å². The molecule has 2 rings (SSSR count). The Hall–Kier alpha value is -1.80. The average Bonchev–Trinajstić information content (AvgIpc) is 2.34. The molecule has 0 amide bonds. The normalized spacial score (nSPS) is 10.0. The molecule has 0 heterocycles. The SMILES string of the molecule is Cc1ccc(Oc2ccc(C=O)cc2)c(Cl)c1. The van der Waals surface area contributed by atoms with Crippen LogP contribution >= 0.6 is 11.6 Å². The molecule has 0 aromatic heterocycles. The zero-order valence-electron chi connectivity index (χ0n) is 9.31. The number of halogens is 1. The highest BCUT2D eigenvalue weighted by Gasteiger charge is 2.03. The molecular weight excluding hydrogens is 236 g/mol. The Kier molecular flexibility index (Phi) is 3.45. The van der Waals surface area contributed by atoms with E-state index in [1.165, 1.54) is 0 Å². The highest BCUT2D eigenvalue weighted by molar-refractivity contribution is 6.32. The lowest BCUT2D eigenvalue weighted by Crippen LogP contribution is -1.87. The minimum absolute atomic E-state index is 0.574. The summed E-state index contributed by atoms with van der Waals surface area (Å²) in [5.41, 5.74) is 1.70. The van der Waals surface area contributed by atoms with Crippen molar-refractivity contribution in [3.05, 3.63) is 58.6 Å². The van der Waals surface area contributed by atoms with Crippen LogP contribution in [-0.2, 0) is 0 Å². The van der Waals surface area contributed by atoms with Crippen molar-refractivity contribution in [2.45, 2.75) is 6.92 Å². The monoisotopic (exact) mass is 246 g/mol. The van der Waals surface area contributed by atoms with Gasteiger partial charge in [-0.2, -0.15) is 0 Å². The zero-order valence-corrected chi connectivity index (χ0v) is 10.1. The van der Waals surface area contributed by atoms with Crippen LogP contribution in [0.1, 0.15) is 15.9 Å². The van der Waals surface area contributed by atoms with Gasteiger partial charge < -0.3 is 4.74 Å². The molecular formula is C14H11ClO2. The van der Waals surface area contributed by atoms with E-state index < -0.39 is 0 Å². The van der Waals surface area contributed by atoms with Crippen molar-refractivity contribution in [2.75, 3.05) is 0 Å². The number of rotatable bonds is 3. The van der Waals surface area contributed by atoms with Gasteiger partial charge in [0.25, 0.3) is 0 Å². The number of carbonyl (C=O) groups excluding carboxylic acids is 1. The van der Waals surface area contributed by atoms with Gasteiger partial charge >= 0.3 is 0 Å². The van der Waals surface area contributed by atoms with Crippen molar-refractivity contribution < 1.29 is 9.53 Å². The fraction of sp³-hybridized carbons (Fsp3) is 0.0714. The predicted molar refractivity (Wildman–Crippen MR) is 68.1 cm³/mol. The Morgan fingerprint density at radius 1 is 1.12 bits per heavy atom. The van der Waals surface area contributed by atoms with Crippen LogP contribution in [0.4, 0.5) is 0 Å². The van der Waals surface area contributed by atoms with E-state index in [-0.39, 0.29) is 0 Å². The van der Waals surface area contributed by atoms with E-state index in [1.54, 1.807) is 24.3 Å². The third kappa shape index (κ3) is 2.86. The molecule has 2 nitrogen and oxygen atoms in total. The number of aryl methyl sites for hydroxylation is 1. The lowest BCUT2D eigenvalue weighted by atomic mass is 10.2. The molecule has 0 saturated heterocycles. The zero-order chi connectivity index (χ0) is 12.3. The molecule has 86 valence electrons. The molecule has 0 N–H and O–H groups in total. The number of ether oxygens (including phenoxy) is 1. The number of carbonyl (C=O) groups is 1. The van der Waals surface area contributed by atoms with Crippen LogP contribution in [0, 0.1) is 6.92 Å². The summed E-state index contributed by atoms with van der Waals surface area (Å²) in [6.07, 6.45) is 0.794. The third-order valence-corrected chi connectivity index (χ3v) is 2.63. The summed E-state index contributed by atoms with van der Waals surface area (Å²) >= 11 is 6.06. The molecule has 0 aliphatic carbocycles. The Morgan fingerprint density at radius 3 is 2.41 bits per heavy atom. The minimum atomic E-state index is 0.574. The van der Waals surface area contributed by atoms with Gasteiger partial charge in [-0.3, -0.25) is 4.79 Å². The van der Waals surface area contributed by atoms with Gasteiger partial charge in [-0.05, 0) is 48.9 Å². The third-order valence-electron chi connectivity index (χ3n) is 2.33. The number of hydrogen-bond acceptors (Lipinski definition) is 2. The van der Waals surface area contributed by atoms with E-state index in [9.17, 15) is 4.79 Å². The predicted octanol–water partition coefficient (Wildman–Crippen LogP) is 4.25. The number of hydrogen-bond donors (Lipinski definition) is 0. The standard InChI is InChI=1S/C14H11ClO2/c1-10-2-7-14(13(15)8-10)17-12-5-3-11(9-16)4-6-12/h2-9H,1H3. The maximum atomic E-state index is 10.5. The van der Waals surface area contributed by atoms with Crippen molar-refractivity contribution in [1.29, 1.82) is 0 Å². The Bertz CT molecular complexity index is 532. The van der Waals surface area contributed by atoms with E-state index >= 15 is 0 Å². The van der Waals surface area contributed by atoms with Crippen LogP contribution in [0.15, 0.2) is 42.5 Å².